The van der Waals surface area contributed by atoms with Crippen LogP contribution in [-0.2, 0) is 0 Å². The predicted molar refractivity (Wildman–Crippen MR) is 80.2 cm³/mol. The summed E-state index contributed by atoms with van der Waals surface area (Å²) in [6, 6.07) is 4.99. The zero-order valence-electron chi connectivity index (χ0n) is 10.5. The summed E-state index contributed by atoms with van der Waals surface area (Å²) >= 11 is 3.74. The number of rotatable bonds is 6. The maximum atomic E-state index is 4.13. The normalized spacial score (nSPS) is 13.1. The average Bonchev–Trinajstić information content (AvgIpc) is 2.88. The van der Waals surface area contributed by atoms with Gasteiger partial charge in [0.1, 0.15) is 0 Å². The number of hydrogen-bond acceptors (Lipinski definition) is 3. The quantitative estimate of drug-likeness (QED) is 0.727. The Morgan fingerprint density at radius 3 is 2.88 bits per heavy atom. The fourth-order valence-electron chi connectivity index (χ4n) is 1.91. The standard InChI is InChI=1S/C14H19NS2/c1-4-10(3)8-11(15-5-2)13-9-14-12(17-13)6-7-16-14/h6-7,9,11,15H,3-5,8H2,1-2H3. The van der Waals surface area contributed by atoms with Gasteiger partial charge in [-0.25, -0.2) is 0 Å². The third kappa shape index (κ3) is 2.97. The lowest BCUT2D eigenvalue weighted by molar-refractivity contribution is 0.551. The van der Waals surface area contributed by atoms with E-state index in [1.54, 1.807) is 0 Å². The largest absolute Gasteiger partial charge is 0.309 e. The van der Waals surface area contributed by atoms with Crippen molar-refractivity contribution in [3.05, 3.63) is 34.5 Å². The molecule has 0 aromatic carbocycles. The summed E-state index contributed by atoms with van der Waals surface area (Å²) in [5.74, 6) is 0. The smallest absolute Gasteiger partial charge is 0.0454 e. The summed E-state index contributed by atoms with van der Waals surface area (Å²) in [6.45, 7) is 9.48. The van der Waals surface area contributed by atoms with Crippen LogP contribution in [0.5, 0.6) is 0 Å². The second kappa shape index (κ2) is 5.80. The summed E-state index contributed by atoms with van der Waals surface area (Å²) in [4.78, 5) is 1.45. The molecule has 3 heteroatoms. The Morgan fingerprint density at radius 2 is 2.24 bits per heavy atom. The van der Waals surface area contributed by atoms with Crippen LogP contribution in [0.3, 0.4) is 0 Å². The monoisotopic (exact) mass is 265 g/mol. The molecule has 0 spiro atoms. The van der Waals surface area contributed by atoms with Gasteiger partial charge in [0.05, 0.1) is 0 Å². The van der Waals surface area contributed by atoms with Gasteiger partial charge in [-0.3, -0.25) is 0 Å². The van der Waals surface area contributed by atoms with E-state index in [4.69, 9.17) is 0 Å². The van der Waals surface area contributed by atoms with Crippen LogP contribution in [0.4, 0.5) is 0 Å². The van der Waals surface area contributed by atoms with Gasteiger partial charge < -0.3 is 5.32 Å². The van der Waals surface area contributed by atoms with Gasteiger partial charge in [-0.05, 0) is 36.9 Å². The van der Waals surface area contributed by atoms with E-state index in [1.165, 1.54) is 19.9 Å². The molecule has 2 heterocycles. The first-order valence-electron chi connectivity index (χ1n) is 6.11. The SMILES string of the molecule is C=C(CC)CC(NCC)c1cc2sccc2s1. The molecule has 1 atom stereocenters. The molecule has 17 heavy (non-hydrogen) atoms. The second-order valence-electron chi connectivity index (χ2n) is 4.22. The highest BCUT2D eigenvalue weighted by molar-refractivity contribution is 7.26. The molecule has 0 bridgehead atoms. The molecule has 1 N–H and O–H groups in total. The Hall–Kier alpha value is -0.640. The van der Waals surface area contributed by atoms with Gasteiger partial charge in [0.25, 0.3) is 0 Å². The predicted octanol–water partition coefficient (Wildman–Crippen LogP) is 4.97. The Labute approximate surface area is 111 Å². The molecule has 0 aliphatic rings. The molecular formula is C14H19NS2. The zero-order chi connectivity index (χ0) is 12.3. The Morgan fingerprint density at radius 1 is 1.41 bits per heavy atom. The molecule has 0 amide bonds. The first-order chi connectivity index (χ1) is 8.24. The maximum absolute atomic E-state index is 4.13. The zero-order valence-corrected chi connectivity index (χ0v) is 12.1. The molecule has 2 aromatic heterocycles. The molecule has 0 saturated carbocycles. The van der Waals surface area contributed by atoms with Gasteiger partial charge >= 0.3 is 0 Å². The van der Waals surface area contributed by atoms with E-state index in [1.807, 2.05) is 22.7 Å². The van der Waals surface area contributed by atoms with Crippen LogP contribution in [0.2, 0.25) is 0 Å². The van der Waals surface area contributed by atoms with Crippen molar-refractivity contribution in [1.82, 2.24) is 5.32 Å². The van der Waals surface area contributed by atoms with Crippen molar-refractivity contribution in [3.63, 3.8) is 0 Å². The fourth-order valence-corrected chi connectivity index (χ4v) is 4.10. The number of hydrogen-bond donors (Lipinski definition) is 1. The lowest BCUT2D eigenvalue weighted by Crippen LogP contribution is -2.20. The first-order valence-corrected chi connectivity index (χ1v) is 7.81. The highest BCUT2D eigenvalue weighted by atomic mass is 32.1. The van der Waals surface area contributed by atoms with Gasteiger partial charge in [0.15, 0.2) is 0 Å². The second-order valence-corrected chi connectivity index (χ2v) is 6.28. The number of fused-ring (bicyclic) bond motifs is 1. The van der Waals surface area contributed by atoms with Crippen LogP contribution in [0, 0.1) is 0 Å². The molecule has 2 rings (SSSR count). The Bertz CT molecular complexity index is 467. The van der Waals surface area contributed by atoms with E-state index in [2.05, 4.69) is 43.3 Å². The number of nitrogens with one attached hydrogen (secondary N) is 1. The third-order valence-corrected chi connectivity index (χ3v) is 5.15. The molecule has 0 fully saturated rings. The molecular weight excluding hydrogens is 246 g/mol. The Balaban J connectivity index is 2.20. The molecule has 0 aliphatic heterocycles. The summed E-state index contributed by atoms with van der Waals surface area (Å²) in [5, 5.41) is 5.73. The highest BCUT2D eigenvalue weighted by Crippen LogP contribution is 2.35. The molecule has 92 valence electrons. The van der Waals surface area contributed by atoms with E-state index in [0.717, 1.165) is 19.4 Å². The van der Waals surface area contributed by atoms with Crippen LogP contribution >= 0.6 is 22.7 Å². The van der Waals surface area contributed by atoms with Crippen LogP contribution in [0.25, 0.3) is 9.40 Å². The van der Waals surface area contributed by atoms with Gasteiger partial charge in [-0.2, -0.15) is 0 Å². The molecule has 0 radical (unpaired) electrons. The van der Waals surface area contributed by atoms with Gasteiger partial charge in [-0.15, -0.1) is 22.7 Å². The van der Waals surface area contributed by atoms with Crippen LogP contribution in [-0.4, -0.2) is 6.54 Å². The minimum Gasteiger partial charge on any atom is -0.309 e. The minimum atomic E-state index is 0.442. The van der Waals surface area contributed by atoms with Crippen molar-refractivity contribution in [2.45, 2.75) is 32.7 Å². The molecule has 2 aromatic rings. The van der Waals surface area contributed by atoms with Crippen LogP contribution in [0.15, 0.2) is 29.7 Å². The third-order valence-electron chi connectivity index (χ3n) is 2.95. The summed E-state index contributed by atoms with van der Waals surface area (Å²) in [5.41, 5.74) is 1.33. The summed E-state index contributed by atoms with van der Waals surface area (Å²) in [7, 11) is 0. The number of thiophene rings is 2. The van der Waals surface area contributed by atoms with Crippen molar-refractivity contribution in [2.24, 2.45) is 0 Å². The minimum absolute atomic E-state index is 0.442. The van der Waals surface area contributed by atoms with E-state index in [0.29, 0.717) is 6.04 Å². The fraction of sp³-hybridized carbons (Fsp3) is 0.429. The Kier molecular flexibility index (Phi) is 4.37. The van der Waals surface area contributed by atoms with Crippen molar-refractivity contribution in [2.75, 3.05) is 6.54 Å². The van der Waals surface area contributed by atoms with Crippen molar-refractivity contribution < 1.29 is 0 Å². The van der Waals surface area contributed by atoms with Crippen molar-refractivity contribution >= 4 is 32.1 Å². The van der Waals surface area contributed by atoms with E-state index >= 15 is 0 Å². The van der Waals surface area contributed by atoms with Crippen molar-refractivity contribution in [3.8, 4) is 0 Å². The van der Waals surface area contributed by atoms with E-state index < -0.39 is 0 Å². The van der Waals surface area contributed by atoms with Crippen LogP contribution < -0.4 is 5.32 Å². The van der Waals surface area contributed by atoms with Crippen molar-refractivity contribution in [1.29, 1.82) is 0 Å². The topological polar surface area (TPSA) is 12.0 Å². The van der Waals surface area contributed by atoms with E-state index in [9.17, 15) is 0 Å². The summed E-state index contributed by atoms with van der Waals surface area (Å²) in [6.07, 6.45) is 2.12. The van der Waals surface area contributed by atoms with Gasteiger partial charge in [0.2, 0.25) is 0 Å². The average molecular weight is 265 g/mol. The van der Waals surface area contributed by atoms with Gasteiger partial charge in [0, 0.05) is 20.3 Å². The van der Waals surface area contributed by atoms with Crippen LogP contribution in [0.1, 0.15) is 37.6 Å². The lowest BCUT2D eigenvalue weighted by atomic mass is 10.0. The molecule has 0 aliphatic carbocycles. The first kappa shape index (κ1) is 12.8. The molecule has 1 nitrogen and oxygen atoms in total. The maximum Gasteiger partial charge on any atom is 0.0454 e. The van der Waals surface area contributed by atoms with Gasteiger partial charge in [-0.1, -0.05) is 26.0 Å². The van der Waals surface area contributed by atoms with E-state index in [-0.39, 0.29) is 0 Å². The highest BCUT2D eigenvalue weighted by Gasteiger charge is 2.14. The molecule has 1 unspecified atom stereocenters. The molecule has 0 saturated heterocycles. The summed E-state index contributed by atoms with van der Waals surface area (Å²) < 4.78 is 2.82. The lowest BCUT2D eigenvalue weighted by Gasteiger charge is -2.17.